The van der Waals surface area contributed by atoms with Crippen LogP contribution < -0.4 is 0 Å². The number of rotatable bonds is 1. The van der Waals surface area contributed by atoms with Crippen molar-refractivity contribution in [3.05, 3.63) is 34.5 Å². The number of nitrogens with one attached hydrogen (secondary N) is 1. The lowest BCUT2D eigenvalue weighted by molar-refractivity contribution is 0.561. The van der Waals surface area contributed by atoms with Gasteiger partial charge in [0, 0.05) is 12.5 Å². The number of aromatic nitrogens is 3. The van der Waals surface area contributed by atoms with Gasteiger partial charge >= 0.3 is 0 Å². The lowest BCUT2D eigenvalue weighted by atomic mass is 10.1. The quantitative estimate of drug-likeness (QED) is 0.745. The highest BCUT2D eigenvalue weighted by Crippen LogP contribution is 2.28. The van der Waals surface area contributed by atoms with E-state index in [0.29, 0.717) is 5.89 Å². The fourth-order valence-electron chi connectivity index (χ4n) is 1.84. The number of imidazole rings is 1. The Morgan fingerprint density at radius 2 is 2.06 bits per heavy atom. The Bertz CT molecular complexity index is 699. The molecule has 1 N–H and O–H groups in total. The minimum atomic E-state index is 0.675. The van der Waals surface area contributed by atoms with E-state index in [4.69, 9.17) is 4.42 Å². The maximum Gasteiger partial charge on any atom is 0.192 e. The zero-order valence-electron chi connectivity index (χ0n) is 9.41. The Hall–Kier alpha value is -1.62. The second kappa shape index (κ2) is 3.70. The Labute approximate surface area is 106 Å². The Morgan fingerprint density at radius 3 is 2.76 bits per heavy atom. The molecule has 0 bridgehead atoms. The van der Waals surface area contributed by atoms with E-state index in [9.17, 15) is 0 Å². The normalized spacial score (nSPS) is 11.2. The van der Waals surface area contributed by atoms with E-state index in [1.165, 1.54) is 0 Å². The molecule has 4 nitrogen and oxygen atoms in total. The van der Waals surface area contributed by atoms with Gasteiger partial charge in [0.05, 0.1) is 0 Å². The summed E-state index contributed by atoms with van der Waals surface area (Å²) < 4.78 is 6.39. The molecular weight excluding hydrogens is 282 g/mol. The summed E-state index contributed by atoms with van der Waals surface area (Å²) in [5.74, 6) is 1.55. The van der Waals surface area contributed by atoms with Gasteiger partial charge in [-0.2, -0.15) is 0 Å². The summed E-state index contributed by atoms with van der Waals surface area (Å²) in [6.07, 6.45) is 0. The second-order valence-electron chi connectivity index (χ2n) is 3.90. The first-order valence-electron chi connectivity index (χ1n) is 5.23. The van der Waals surface area contributed by atoms with Crippen molar-refractivity contribution in [1.82, 2.24) is 15.0 Å². The maximum atomic E-state index is 5.51. The molecule has 3 aromatic rings. The molecule has 0 unspecified atom stereocenters. The van der Waals surface area contributed by atoms with Crippen molar-refractivity contribution in [2.75, 3.05) is 0 Å². The second-order valence-corrected chi connectivity index (χ2v) is 4.69. The molecule has 3 rings (SSSR count). The van der Waals surface area contributed by atoms with E-state index in [-0.39, 0.29) is 0 Å². The Balaban J connectivity index is 2.20. The summed E-state index contributed by atoms with van der Waals surface area (Å²) >= 11 is 3.46. The summed E-state index contributed by atoms with van der Waals surface area (Å²) in [6.45, 7) is 3.76. The number of oxazole rings is 1. The number of H-pyrrole nitrogens is 1. The Kier molecular flexibility index (Phi) is 2.29. The van der Waals surface area contributed by atoms with Gasteiger partial charge in [-0.25, -0.2) is 9.97 Å². The van der Waals surface area contributed by atoms with Crippen molar-refractivity contribution < 1.29 is 4.42 Å². The predicted octanol–water partition coefficient (Wildman–Crippen LogP) is 3.60. The van der Waals surface area contributed by atoms with Gasteiger partial charge < -0.3 is 9.40 Å². The van der Waals surface area contributed by atoms with Crippen LogP contribution in [0, 0.1) is 13.8 Å². The third kappa shape index (κ3) is 1.76. The lowest BCUT2D eigenvalue weighted by Gasteiger charge is -1.96. The average Bonchev–Trinajstić information content (AvgIpc) is 2.78. The molecule has 2 aromatic heterocycles. The molecule has 1 aromatic carbocycles. The van der Waals surface area contributed by atoms with Gasteiger partial charge in [-0.3, -0.25) is 0 Å². The molecule has 0 fully saturated rings. The summed E-state index contributed by atoms with van der Waals surface area (Å²) in [5.41, 5.74) is 3.55. The third-order valence-electron chi connectivity index (χ3n) is 2.55. The topological polar surface area (TPSA) is 54.7 Å². The van der Waals surface area contributed by atoms with Crippen LogP contribution in [0.15, 0.2) is 27.2 Å². The number of aryl methyl sites for hydroxylation is 2. The highest BCUT2D eigenvalue weighted by molar-refractivity contribution is 9.10. The van der Waals surface area contributed by atoms with Gasteiger partial charge in [0.15, 0.2) is 11.5 Å². The van der Waals surface area contributed by atoms with Gasteiger partial charge in [0.25, 0.3) is 0 Å². The number of nitrogens with zero attached hydrogens (tertiary/aromatic N) is 2. The molecule has 0 spiro atoms. The van der Waals surface area contributed by atoms with Gasteiger partial charge in [0.1, 0.15) is 21.6 Å². The molecule has 0 saturated heterocycles. The molecule has 0 atom stereocenters. The number of fused-ring (bicyclic) bond motifs is 1. The smallest absolute Gasteiger partial charge is 0.192 e. The first-order valence-corrected chi connectivity index (χ1v) is 6.02. The van der Waals surface area contributed by atoms with Crippen molar-refractivity contribution in [3.63, 3.8) is 0 Å². The van der Waals surface area contributed by atoms with Crippen LogP contribution in [-0.2, 0) is 0 Å². The van der Waals surface area contributed by atoms with E-state index in [2.05, 4.69) is 30.9 Å². The fourth-order valence-corrected chi connectivity index (χ4v) is 2.45. The number of halogens is 1. The molecule has 5 heteroatoms. The summed E-state index contributed by atoms with van der Waals surface area (Å²) in [7, 11) is 0. The van der Waals surface area contributed by atoms with Crippen LogP contribution in [-0.4, -0.2) is 15.0 Å². The SMILES string of the molecule is Cc1nc(-c2ccc3nc(C)oc3c2)c(Br)[nH]1. The molecule has 0 aliphatic heterocycles. The molecule has 0 amide bonds. The first-order chi connectivity index (χ1) is 8.13. The maximum absolute atomic E-state index is 5.51. The molecule has 86 valence electrons. The number of hydrogen-bond acceptors (Lipinski definition) is 3. The van der Waals surface area contributed by atoms with Crippen LogP contribution in [0.25, 0.3) is 22.4 Å². The first kappa shape index (κ1) is 10.5. The van der Waals surface area contributed by atoms with Crippen LogP contribution >= 0.6 is 15.9 Å². The van der Waals surface area contributed by atoms with Crippen molar-refractivity contribution in [1.29, 1.82) is 0 Å². The van der Waals surface area contributed by atoms with Gasteiger partial charge in [-0.05, 0) is 35.0 Å². The van der Waals surface area contributed by atoms with Gasteiger partial charge in [0.2, 0.25) is 0 Å². The van der Waals surface area contributed by atoms with Crippen molar-refractivity contribution >= 4 is 27.0 Å². The molecule has 0 radical (unpaired) electrons. The lowest BCUT2D eigenvalue weighted by Crippen LogP contribution is -1.79. The van der Waals surface area contributed by atoms with E-state index in [1.807, 2.05) is 32.0 Å². The van der Waals surface area contributed by atoms with Crippen molar-refractivity contribution in [2.45, 2.75) is 13.8 Å². The van der Waals surface area contributed by atoms with Crippen LogP contribution in [0.5, 0.6) is 0 Å². The van der Waals surface area contributed by atoms with E-state index in [1.54, 1.807) is 0 Å². The highest BCUT2D eigenvalue weighted by atomic mass is 79.9. The fraction of sp³-hybridized carbons (Fsp3) is 0.167. The molecule has 2 heterocycles. The molecule has 0 aliphatic carbocycles. The van der Waals surface area contributed by atoms with Crippen LogP contribution in [0.2, 0.25) is 0 Å². The van der Waals surface area contributed by atoms with E-state index in [0.717, 1.165) is 32.8 Å². The summed E-state index contributed by atoms with van der Waals surface area (Å²) in [5, 5.41) is 0. The van der Waals surface area contributed by atoms with Gasteiger partial charge in [-0.15, -0.1) is 0 Å². The number of benzene rings is 1. The largest absolute Gasteiger partial charge is 0.441 e. The van der Waals surface area contributed by atoms with Crippen molar-refractivity contribution in [3.8, 4) is 11.3 Å². The highest BCUT2D eigenvalue weighted by Gasteiger charge is 2.10. The third-order valence-corrected chi connectivity index (χ3v) is 3.12. The van der Waals surface area contributed by atoms with Crippen LogP contribution in [0.4, 0.5) is 0 Å². The zero-order chi connectivity index (χ0) is 12.0. The van der Waals surface area contributed by atoms with Gasteiger partial charge in [-0.1, -0.05) is 6.07 Å². The van der Waals surface area contributed by atoms with E-state index >= 15 is 0 Å². The number of hydrogen-bond donors (Lipinski definition) is 1. The predicted molar refractivity (Wildman–Crippen MR) is 68.8 cm³/mol. The van der Waals surface area contributed by atoms with E-state index < -0.39 is 0 Å². The molecule has 17 heavy (non-hydrogen) atoms. The summed E-state index contributed by atoms with van der Waals surface area (Å²) in [6, 6.07) is 5.89. The number of aromatic amines is 1. The average molecular weight is 292 g/mol. The molecular formula is C12H10BrN3O. The van der Waals surface area contributed by atoms with Crippen LogP contribution in [0.1, 0.15) is 11.7 Å². The molecule has 0 aliphatic rings. The standard InChI is InChI=1S/C12H10BrN3O/c1-6-14-11(12(13)15-6)8-3-4-9-10(5-8)17-7(2)16-9/h3-5H,1-2H3,(H,14,15). The minimum Gasteiger partial charge on any atom is -0.441 e. The minimum absolute atomic E-state index is 0.675. The zero-order valence-corrected chi connectivity index (χ0v) is 11.0. The molecule has 0 saturated carbocycles. The van der Waals surface area contributed by atoms with Crippen LogP contribution in [0.3, 0.4) is 0 Å². The monoisotopic (exact) mass is 291 g/mol. The van der Waals surface area contributed by atoms with Crippen molar-refractivity contribution in [2.24, 2.45) is 0 Å². The Morgan fingerprint density at radius 1 is 1.24 bits per heavy atom. The summed E-state index contributed by atoms with van der Waals surface area (Å²) in [4.78, 5) is 11.8.